The summed E-state index contributed by atoms with van der Waals surface area (Å²) in [6.45, 7) is 0. The Hall–Kier alpha value is -1.71. The summed E-state index contributed by atoms with van der Waals surface area (Å²) in [5.41, 5.74) is 0.419. The molecule has 1 rings (SSSR count). The summed E-state index contributed by atoms with van der Waals surface area (Å²) in [6.07, 6.45) is 2.07. The Bertz CT molecular complexity index is 297. The highest BCUT2D eigenvalue weighted by atomic mass is 16.4. The van der Waals surface area contributed by atoms with Crippen molar-refractivity contribution in [2.45, 2.75) is 12.3 Å². The standard InChI is InChI=1S/C9H9NO3/c11-6-4-7(9(12)13)8-3-1-2-5-10-8/h1-3,5-7H,4H2,(H,12,13). The SMILES string of the molecule is O=CCC(C(=O)O)c1ccccn1. The van der Waals surface area contributed by atoms with Crippen LogP contribution in [0.4, 0.5) is 0 Å². The zero-order valence-electron chi connectivity index (χ0n) is 6.88. The topological polar surface area (TPSA) is 67.3 Å². The predicted octanol–water partition coefficient (Wildman–Crippen LogP) is 0.839. The van der Waals surface area contributed by atoms with Gasteiger partial charge in [0.1, 0.15) is 12.2 Å². The second kappa shape index (κ2) is 4.35. The largest absolute Gasteiger partial charge is 0.481 e. The van der Waals surface area contributed by atoms with E-state index in [4.69, 9.17) is 5.11 Å². The molecular weight excluding hydrogens is 170 g/mol. The summed E-state index contributed by atoms with van der Waals surface area (Å²) in [5, 5.41) is 8.76. The second-order valence-electron chi connectivity index (χ2n) is 2.55. The first-order valence-electron chi connectivity index (χ1n) is 3.83. The van der Waals surface area contributed by atoms with Crippen LogP contribution in [0.5, 0.6) is 0 Å². The number of hydrogen-bond acceptors (Lipinski definition) is 3. The highest BCUT2D eigenvalue weighted by Gasteiger charge is 2.19. The normalized spacial score (nSPS) is 12.0. The Kier molecular flexibility index (Phi) is 3.14. The minimum absolute atomic E-state index is 0.0354. The average molecular weight is 179 g/mol. The third-order valence-corrected chi connectivity index (χ3v) is 1.67. The fourth-order valence-corrected chi connectivity index (χ4v) is 1.03. The molecule has 0 aromatic carbocycles. The van der Waals surface area contributed by atoms with E-state index in [2.05, 4.69) is 4.98 Å². The predicted molar refractivity (Wildman–Crippen MR) is 45.3 cm³/mol. The van der Waals surface area contributed by atoms with Gasteiger partial charge in [-0.2, -0.15) is 0 Å². The van der Waals surface area contributed by atoms with E-state index in [9.17, 15) is 9.59 Å². The molecule has 13 heavy (non-hydrogen) atoms. The van der Waals surface area contributed by atoms with Crippen molar-refractivity contribution >= 4 is 12.3 Å². The molecular formula is C9H9NO3. The number of carbonyl (C=O) groups is 2. The van der Waals surface area contributed by atoms with Crippen LogP contribution in [0.25, 0.3) is 0 Å². The van der Waals surface area contributed by atoms with Gasteiger partial charge in [-0.05, 0) is 12.1 Å². The fraction of sp³-hybridized carbons (Fsp3) is 0.222. The van der Waals surface area contributed by atoms with Gasteiger partial charge in [0.15, 0.2) is 0 Å². The Morgan fingerprint density at radius 2 is 2.38 bits per heavy atom. The molecule has 0 amide bonds. The quantitative estimate of drug-likeness (QED) is 0.695. The molecule has 0 aliphatic carbocycles. The van der Waals surface area contributed by atoms with Crippen molar-refractivity contribution in [3.63, 3.8) is 0 Å². The zero-order valence-corrected chi connectivity index (χ0v) is 6.88. The minimum Gasteiger partial charge on any atom is -0.481 e. The maximum Gasteiger partial charge on any atom is 0.313 e. The molecule has 1 aromatic heterocycles. The molecule has 1 N–H and O–H groups in total. The van der Waals surface area contributed by atoms with Crippen molar-refractivity contribution in [2.24, 2.45) is 0 Å². The van der Waals surface area contributed by atoms with Gasteiger partial charge in [-0.15, -0.1) is 0 Å². The van der Waals surface area contributed by atoms with Gasteiger partial charge in [-0.3, -0.25) is 9.78 Å². The van der Waals surface area contributed by atoms with Gasteiger partial charge in [0.25, 0.3) is 0 Å². The van der Waals surface area contributed by atoms with Crippen LogP contribution in [0.3, 0.4) is 0 Å². The highest BCUT2D eigenvalue weighted by Crippen LogP contribution is 2.15. The number of hydrogen-bond donors (Lipinski definition) is 1. The third-order valence-electron chi connectivity index (χ3n) is 1.67. The lowest BCUT2D eigenvalue weighted by Gasteiger charge is -2.06. The van der Waals surface area contributed by atoms with Crippen LogP contribution in [-0.4, -0.2) is 22.3 Å². The molecule has 0 spiro atoms. The van der Waals surface area contributed by atoms with Crippen molar-refractivity contribution in [3.8, 4) is 0 Å². The minimum atomic E-state index is -1.02. The van der Waals surface area contributed by atoms with Crippen LogP contribution in [0.2, 0.25) is 0 Å². The summed E-state index contributed by atoms with van der Waals surface area (Å²) >= 11 is 0. The summed E-state index contributed by atoms with van der Waals surface area (Å²) in [4.78, 5) is 24.8. The molecule has 0 radical (unpaired) electrons. The smallest absolute Gasteiger partial charge is 0.313 e. The molecule has 1 heterocycles. The van der Waals surface area contributed by atoms with E-state index in [-0.39, 0.29) is 6.42 Å². The highest BCUT2D eigenvalue weighted by molar-refractivity contribution is 5.78. The number of carboxylic acids is 1. The summed E-state index contributed by atoms with van der Waals surface area (Å²) in [5.74, 6) is -1.84. The molecule has 0 fully saturated rings. The summed E-state index contributed by atoms with van der Waals surface area (Å²) < 4.78 is 0. The maximum absolute atomic E-state index is 10.7. The van der Waals surface area contributed by atoms with Gasteiger partial charge in [0, 0.05) is 12.6 Å². The van der Waals surface area contributed by atoms with Crippen LogP contribution >= 0.6 is 0 Å². The van der Waals surface area contributed by atoms with E-state index >= 15 is 0 Å². The molecule has 1 unspecified atom stereocenters. The number of aromatic nitrogens is 1. The van der Waals surface area contributed by atoms with E-state index in [1.807, 2.05) is 0 Å². The Labute approximate surface area is 75.2 Å². The molecule has 0 saturated carbocycles. The monoisotopic (exact) mass is 179 g/mol. The first kappa shape index (κ1) is 9.38. The van der Waals surface area contributed by atoms with Gasteiger partial charge in [-0.25, -0.2) is 0 Å². The van der Waals surface area contributed by atoms with E-state index in [0.717, 1.165) is 0 Å². The number of rotatable bonds is 4. The maximum atomic E-state index is 10.7. The van der Waals surface area contributed by atoms with Crippen LogP contribution in [-0.2, 0) is 9.59 Å². The van der Waals surface area contributed by atoms with Gasteiger partial charge in [0.2, 0.25) is 0 Å². The number of nitrogens with zero attached hydrogens (tertiary/aromatic N) is 1. The molecule has 0 aliphatic rings. The van der Waals surface area contributed by atoms with Crippen molar-refractivity contribution in [1.82, 2.24) is 4.98 Å². The molecule has 4 heteroatoms. The van der Waals surface area contributed by atoms with Crippen molar-refractivity contribution in [2.75, 3.05) is 0 Å². The van der Waals surface area contributed by atoms with Crippen LogP contribution in [0, 0.1) is 0 Å². The number of aliphatic carboxylic acids is 1. The lowest BCUT2D eigenvalue weighted by atomic mass is 10.0. The first-order chi connectivity index (χ1) is 6.25. The molecule has 1 aromatic rings. The molecule has 4 nitrogen and oxygen atoms in total. The average Bonchev–Trinajstić information content (AvgIpc) is 2.15. The molecule has 1 atom stereocenters. The number of carbonyl (C=O) groups excluding carboxylic acids is 1. The second-order valence-corrected chi connectivity index (χ2v) is 2.55. The summed E-state index contributed by atoms with van der Waals surface area (Å²) in [6, 6.07) is 4.99. The number of aldehydes is 1. The Morgan fingerprint density at radius 1 is 1.62 bits per heavy atom. The van der Waals surface area contributed by atoms with Crippen molar-refractivity contribution < 1.29 is 14.7 Å². The third kappa shape index (κ3) is 2.37. The first-order valence-corrected chi connectivity index (χ1v) is 3.83. The molecule has 0 aliphatic heterocycles. The zero-order chi connectivity index (χ0) is 9.68. The number of carboxylic acid groups (broad SMARTS) is 1. The van der Waals surface area contributed by atoms with Gasteiger partial charge >= 0.3 is 5.97 Å². The number of pyridine rings is 1. The van der Waals surface area contributed by atoms with Gasteiger partial charge in [-0.1, -0.05) is 6.07 Å². The lowest BCUT2D eigenvalue weighted by molar-refractivity contribution is -0.139. The lowest BCUT2D eigenvalue weighted by Crippen LogP contribution is -2.13. The van der Waals surface area contributed by atoms with E-state index in [0.29, 0.717) is 12.0 Å². The molecule has 0 bridgehead atoms. The van der Waals surface area contributed by atoms with E-state index in [1.54, 1.807) is 18.2 Å². The molecule has 0 saturated heterocycles. The Balaban J connectivity index is 2.88. The fourth-order valence-electron chi connectivity index (χ4n) is 1.03. The van der Waals surface area contributed by atoms with Crippen LogP contribution in [0.1, 0.15) is 18.0 Å². The van der Waals surface area contributed by atoms with Crippen LogP contribution in [0.15, 0.2) is 24.4 Å². The van der Waals surface area contributed by atoms with E-state index < -0.39 is 11.9 Å². The molecule has 68 valence electrons. The summed E-state index contributed by atoms with van der Waals surface area (Å²) in [7, 11) is 0. The Morgan fingerprint density at radius 3 is 2.85 bits per heavy atom. The van der Waals surface area contributed by atoms with Crippen molar-refractivity contribution in [1.29, 1.82) is 0 Å². The van der Waals surface area contributed by atoms with Gasteiger partial charge < -0.3 is 9.90 Å². The van der Waals surface area contributed by atoms with Gasteiger partial charge in [0.05, 0.1) is 5.69 Å². The van der Waals surface area contributed by atoms with Crippen LogP contribution < -0.4 is 0 Å². The van der Waals surface area contributed by atoms with Crippen molar-refractivity contribution in [3.05, 3.63) is 30.1 Å². The van der Waals surface area contributed by atoms with E-state index in [1.165, 1.54) is 6.20 Å².